The van der Waals surface area contributed by atoms with Crippen molar-refractivity contribution in [2.24, 2.45) is 17.8 Å². The third-order valence-corrected chi connectivity index (χ3v) is 9.83. The second kappa shape index (κ2) is 14.1. The number of nitrogens with two attached hydrogens (primary N) is 1. The Labute approximate surface area is 259 Å². The predicted octanol–water partition coefficient (Wildman–Crippen LogP) is 9.04. The van der Waals surface area contributed by atoms with E-state index >= 15 is 0 Å². The van der Waals surface area contributed by atoms with Crippen LogP contribution in [0.1, 0.15) is 88.2 Å². The van der Waals surface area contributed by atoms with Crippen LogP contribution in [0.25, 0.3) is 0 Å². The molecule has 44 heavy (non-hydrogen) atoms. The number of amides is 1. The molecule has 2 aromatic rings. The molecule has 0 bridgehead atoms. The van der Waals surface area contributed by atoms with E-state index in [1.54, 1.807) is 6.08 Å². The molecule has 4 N–H and O–H groups in total. The number of carbonyl (C=O) groups excluding carboxylic acids is 1. The van der Waals surface area contributed by atoms with Gasteiger partial charge in [-0.15, -0.1) is 0 Å². The van der Waals surface area contributed by atoms with E-state index < -0.39 is 29.8 Å². The van der Waals surface area contributed by atoms with Gasteiger partial charge in [-0.3, -0.25) is 10.1 Å². The molecule has 1 saturated carbocycles. The summed E-state index contributed by atoms with van der Waals surface area (Å²) in [5, 5.41) is 13.1. The van der Waals surface area contributed by atoms with Crippen LogP contribution < -0.4 is 10.6 Å². The third-order valence-electron chi connectivity index (χ3n) is 9.83. The average Bonchev–Trinajstić information content (AvgIpc) is 3.01. The minimum atomic E-state index is -4.48. The van der Waals surface area contributed by atoms with Crippen molar-refractivity contribution >= 4 is 23.5 Å². The summed E-state index contributed by atoms with van der Waals surface area (Å²) in [6.45, 7) is 4.03. The number of benzene rings is 2. The number of fused-ring (bicyclic) bond motifs is 1. The van der Waals surface area contributed by atoms with Crippen LogP contribution in [-0.4, -0.2) is 18.3 Å². The fraction of sp³-hybridized carbons (Fsp3) is 0.459. The van der Waals surface area contributed by atoms with Gasteiger partial charge in [0.05, 0.1) is 11.8 Å². The number of aryl methyl sites for hydroxylation is 1. The van der Waals surface area contributed by atoms with Crippen LogP contribution in [0.4, 0.5) is 24.5 Å². The Kier molecular flexibility index (Phi) is 10.2. The first-order chi connectivity index (χ1) is 21.1. The highest BCUT2D eigenvalue weighted by Crippen LogP contribution is 2.48. The number of quaternary nitrogens is 1. The molecule has 3 aliphatic carbocycles. The molecule has 0 heterocycles. The van der Waals surface area contributed by atoms with Gasteiger partial charge in [0.2, 0.25) is 5.91 Å². The molecule has 3 atom stereocenters. The number of hydrogen-bond acceptors (Lipinski definition) is 2. The molecular weight excluding hydrogens is 559 g/mol. The van der Waals surface area contributed by atoms with E-state index in [4.69, 9.17) is 5.41 Å². The van der Waals surface area contributed by atoms with Crippen molar-refractivity contribution in [1.82, 2.24) is 0 Å². The number of halogens is 3. The Bertz CT molecular complexity index is 1410. The van der Waals surface area contributed by atoms with E-state index in [-0.39, 0.29) is 6.42 Å². The molecule has 5 rings (SSSR count). The highest BCUT2D eigenvalue weighted by Gasteiger charge is 2.51. The van der Waals surface area contributed by atoms with E-state index in [0.717, 1.165) is 40.9 Å². The van der Waals surface area contributed by atoms with Gasteiger partial charge in [0, 0.05) is 17.5 Å². The van der Waals surface area contributed by atoms with E-state index in [1.807, 2.05) is 38.1 Å². The van der Waals surface area contributed by atoms with Crippen LogP contribution in [0.2, 0.25) is 0 Å². The fourth-order valence-electron chi connectivity index (χ4n) is 7.31. The van der Waals surface area contributed by atoms with Gasteiger partial charge < -0.3 is 10.7 Å². The van der Waals surface area contributed by atoms with Crippen LogP contribution in [0.15, 0.2) is 83.1 Å². The Hall–Kier alpha value is -3.45. The van der Waals surface area contributed by atoms with Crippen molar-refractivity contribution in [3.8, 4) is 0 Å². The second-order valence-electron chi connectivity index (χ2n) is 13.0. The molecule has 1 fully saturated rings. The van der Waals surface area contributed by atoms with Crippen LogP contribution in [-0.2, 0) is 4.79 Å². The van der Waals surface area contributed by atoms with Gasteiger partial charge >= 0.3 is 6.18 Å². The Morgan fingerprint density at radius 1 is 0.932 bits per heavy atom. The van der Waals surface area contributed by atoms with Crippen molar-refractivity contribution < 1.29 is 23.3 Å². The summed E-state index contributed by atoms with van der Waals surface area (Å²) in [6.07, 6.45) is 8.60. The van der Waals surface area contributed by atoms with E-state index in [1.165, 1.54) is 36.6 Å². The molecule has 0 spiro atoms. The molecular formula is C37H45F3N3O+. The monoisotopic (exact) mass is 604 g/mol. The molecule has 0 aromatic heterocycles. The summed E-state index contributed by atoms with van der Waals surface area (Å²) in [7, 11) is 0. The number of allylic oxidation sites excluding steroid dienone is 5. The summed E-state index contributed by atoms with van der Waals surface area (Å²) in [6, 6.07) is 15.9. The van der Waals surface area contributed by atoms with Gasteiger partial charge in [0.1, 0.15) is 11.4 Å². The van der Waals surface area contributed by atoms with E-state index in [2.05, 4.69) is 41.0 Å². The summed E-state index contributed by atoms with van der Waals surface area (Å²) in [4.78, 5) is 13.8. The molecule has 2 aromatic carbocycles. The summed E-state index contributed by atoms with van der Waals surface area (Å²) in [5.41, 5.74) is 7.72. The quantitative estimate of drug-likeness (QED) is 0.172. The largest absolute Gasteiger partial charge is 0.392 e. The summed E-state index contributed by atoms with van der Waals surface area (Å²) >= 11 is 0. The number of alkyl halides is 3. The molecule has 0 saturated heterocycles. The van der Waals surface area contributed by atoms with Gasteiger partial charge in [-0.05, 0) is 107 Å². The zero-order valence-corrected chi connectivity index (χ0v) is 25.9. The first-order valence-corrected chi connectivity index (χ1v) is 16.1. The normalized spacial score (nSPS) is 26.5. The molecule has 0 aliphatic heterocycles. The molecule has 4 nitrogen and oxygen atoms in total. The zero-order valence-electron chi connectivity index (χ0n) is 25.9. The van der Waals surface area contributed by atoms with Crippen molar-refractivity contribution in [2.75, 3.05) is 5.32 Å². The first-order valence-electron chi connectivity index (χ1n) is 16.1. The SMILES string of the molecule is C/C1=C\C([NH2+]c2ccc(C)cc2)=C(\C=N)CCC2=CC[C@@H](C(F)(F)F)[C@H](C(=O)Nc3ccc(C4CCCCC4)cc3)[C@H]2CC1. The minimum Gasteiger partial charge on any atom is -0.326 e. The summed E-state index contributed by atoms with van der Waals surface area (Å²) in [5.74, 6) is -3.49. The fourth-order valence-corrected chi connectivity index (χ4v) is 7.31. The van der Waals surface area contributed by atoms with Crippen molar-refractivity contribution in [3.05, 3.63) is 94.2 Å². The van der Waals surface area contributed by atoms with Gasteiger partial charge in [-0.2, -0.15) is 13.2 Å². The lowest BCUT2D eigenvalue weighted by Gasteiger charge is -2.39. The van der Waals surface area contributed by atoms with E-state index in [9.17, 15) is 18.0 Å². The zero-order chi connectivity index (χ0) is 31.3. The third kappa shape index (κ3) is 7.79. The summed E-state index contributed by atoms with van der Waals surface area (Å²) < 4.78 is 43.3. The van der Waals surface area contributed by atoms with Crippen LogP contribution in [0, 0.1) is 30.1 Å². The Balaban J connectivity index is 1.38. The van der Waals surface area contributed by atoms with Gasteiger partial charge in [0.15, 0.2) is 0 Å². The van der Waals surface area contributed by atoms with Crippen molar-refractivity contribution in [1.29, 1.82) is 5.41 Å². The first kappa shape index (κ1) is 32.0. The van der Waals surface area contributed by atoms with Gasteiger partial charge in [0.25, 0.3) is 0 Å². The maximum atomic E-state index is 14.4. The maximum absolute atomic E-state index is 14.4. The lowest BCUT2D eigenvalue weighted by molar-refractivity contribution is -0.513. The lowest BCUT2D eigenvalue weighted by atomic mass is 9.67. The number of rotatable bonds is 6. The number of anilines is 1. The van der Waals surface area contributed by atoms with Gasteiger partial charge in [-0.25, -0.2) is 0 Å². The van der Waals surface area contributed by atoms with Crippen LogP contribution in [0.3, 0.4) is 0 Å². The van der Waals surface area contributed by atoms with Gasteiger partial charge in [-0.1, -0.05) is 66.3 Å². The topological polar surface area (TPSA) is 69.6 Å². The molecule has 0 unspecified atom stereocenters. The second-order valence-corrected chi connectivity index (χ2v) is 13.0. The maximum Gasteiger partial charge on any atom is 0.392 e. The van der Waals surface area contributed by atoms with Crippen molar-refractivity contribution in [3.63, 3.8) is 0 Å². The highest BCUT2D eigenvalue weighted by atomic mass is 19.4. The Morgan fingerprint density at radius 3 is 2.30 bits per heavy atom. The number of hydrogen-bond donors (Lipinski definition) is 3. The standard InChI is InChI=1S/C37H44F3N3O/c1-24-8-16-30(17-9-24)42-34-22-25(2)10-20-32-28(11-12-29(34)23-41)15-21-33(37(38,39)40)35(32)36(44)43-31-18-13-27(14-19-31)26-6-4-3-5-7-26/h8-9,13-19,22-23,26,32-33,35,41-42H,3-7,10-12,20-21H2,1-2H3,(H,43,44)/p+1/b25-22+,34-29-,41-23?/t32-,33+,35+/m0/s1. The molecule has 1 amide bonds. The number of nitrogens with one attached hydrogen (secondary N) is 2. The number of carbonyl (C=O) groups is 1. The predicted molar refractivity (Wildman–Crippen MR) is 171 cm³/mol. The minimum absolute atomic E-state index is 0.200. The molecule has 7 heteroatoms. The Morgan fingerprint density at radius 2 is 1.64 bits per heavy atom. The smallest absolute Gasteiger partial charge is 0.326 e. The van der Waals surface area contributed by atoms with Crippen LogP contribution in [0.5, 0.6) is 0 Å². The van der Waals surface area contributed by atoms with Crippen molar-refractivity contribution in [2.45, 2.75) is 90.1 Å². The van der Waals surface area contributed by atoms with E-state index in [0.29, 0.717) is 37.3 Å². The molecule has 3 aliphatic rings. The highest BCUT2D eigenvalue weighted by molar-refractivity contribution is 5.93. The van der Waals surface area contributed by atoms with Crippen LogP contribution >= 0.6 is 0 Å². The molecule has 234 valence electrons. The average molecular weight is 605 g/mol. The molecule has 0 radical (unpaired) electrons. The lowest BCUT2D eigenvalue weighted by Crippen LogP contribution is -2.75.